The molecule has 1 amide bonds. The molecule has 0 N–H and O–H groups in total. The van der Waals surface area contributed by atoms with Crippen molar-refractivity contribution in [3.05, 3.63) is 47.2 Å². The van der Waals surface area contributed by atoms with Crippen molar-refractivity contribution in [3.63, 3.8) is 0 Å². The highest BCUT2D eigenvalue weighted by atomic mass is 16.5. The van der Waals surface area contributed by atoms with Gasteiger partial charge in [0.2, 0.25) is 5.95 Å². The van der Waals surface area contributed by atoms with Crippen LogP contribution in [0.15, 0.2) is 30.5 Å². The summed E-state index contributed by atoms with van der Waals surface area (Å²) in [5.74, 6) is 1.19. The summed E-state index contributed by atoms with van der Waals surface area (Å²) < 4.78 is 5.38. The average molecular weight is 349 g/mol. The number of carbonyl (C=O) groups is 1. The van der Waals surface area contributed by atoms with Crippen LogP contribution in [0, 0.1) is 11.3 Å². The van der Waals surface area contributed by atoms with E-state index in [0.717, 1.165) is 31.5 Å². The molecule has 0 radical (unpaired) electrons. The first-order valence-corrected chi connectivity index (χ1v) is 8.77. The Labute approximate surface area is 151 Å². The highest BCUT2D eigenvalue weighted by Gasteiger charge is 2.27. The largest absolute Gasteiger partial charge is 0.378 e. The molecule has 1 aromatic carbocycles. The monoisotopic (exact) mass is 349 g/mol. The molecule has 1 fully saturated rings. The molecule has 1 aromatic heterocycles. The van der Waals surface area contributed by atoms with Crippen molar-refractivity contribution in [2.24, 2.45) is 0 Å². The molecule has 0 aliphatic carbocycles. The van der Waals surface area contributed by atoms with Gasteiger partial charge in [0.25, 0.3) is 5.91 Å². The first-order chi connectivity index (χ1) is 12.8. The van der Waals surface area contributed by atoms with E-state index in [4.69, 9.17) is 15.0 Å². The first kappa shape index (κ1) is 16.5. The number of nitriles is 1. The predicted octanol–water partition coefficient (Wildman–Crippen LogP) is 1.78. The van der Waals surface area contributed by atoms with E-state index >= 15 is 0 Å². The van der Waals surface area contributed by atoms with Crippen molar-refractivity contribution in [2.45, 2.75) is 12.8 Å². The van der Waals surface area contributed by atoms with Gasteiger partial charge in [-0.3, -0.25) is 9.69 Å². The number of anilines is 2. The smallest absolute Gasteiger partial charge is 0.259 e. The van der Waals surface area contributed by atoms with Crippen LogP contribution >= 0.6 is 0 Å². The zero-order valence-electron chi connectivity index (χ0n) is 14.4. The van der Waals surface area contributed by atoms with Gasteiger partial charge < -0.3 is 9.64 Å². The Balaban J connectivity index is 1.67. The second kappa shape index (κ2) is 7.10. The summed E-state index contributed by atoms with van der Waals surface area (Å²) in [6, 6.07) is 8.87. The fourth-order valence-electron chi connectivity index (χ4n) is 3.32. The van der Waals surface area contributed by atoms with Crippen LogP contribution in [0.5, 0.6) is 0 Å². The number of benzene rings is 1. The number of amides is 1. The molecule has 0 spiro atoms. The zero-order valence-corrected chi connectivity index (χ0v) is 14.4. The van der Waals surface area contributed by atoms with Gasteiger partial charge in [-0.25, -0.2) is 4.98 Å². The molecule has 0 bridgehead atoms. The number of carbonyl (C=O) groups excluding carboxylic acids is 1. The van der Waals surface area contributed by atoms with Crippen LogP contribution in [-0.2, 0) is 11.2 Å². The van der Waals surface area contributed by atoms with E-state index in [9.17, 15) is 4.79 Å². The van der Waals surface area contributed by atoms with E-state index in [1.807, 2.05) is 6.20 Å². The number of ether oxygens (including phenoxy) is 1. The third-order valence-electron chi connectivity index (χ3n) is 4.69. The van der Waals surface area contributed by atoms with Crippen LogP contribution in [0.1, 0.15) is 27.9 Å². The Kier molecular flexibility index (Phi) is 4.50. The highest BCUT2D eigenvalue weighted by molar-refractivity contribution is 6.06. The fraction of sp³-hybridized carbons (Fsp3) is 0.368. The van der Waals surface area contributed by atoms with Crippen molar-refractivity contribution < 1.29 is 9.53 Å². The molecular weight excluding hydrogens is 330 g/mol. The summed E-state index contributed by atoms with van der Waals surface area (Å²) in [5.41, 5.74) is 1.96. The Hall–Kier alpha value is -2.98. The lowest BCUT2D eigenvalue weighted by atomic mass is 10.1. The Morgan fingerprint density at radius 3 is 2.88 bits per heavy atom. The molecule has 2 aliphatic heterocycles. The molecular formula is C19H19N5O2. The number of aromatic nitrogens is 2. The number of hydrogen-bond acceptors (Lipinski definition) is 6. The van der Waals surface area contributed by atoms with Crippen molar-refractivity contribution in [3.8, 4) is 6.07 Å². The number of fused-ring (bicyclic) bond motifs is 1. The van der Waals surface area contributed by atoms with Gasteiger partial charge in [0.1, 0.15) is 5.82 Å². The number of rotatable bonds is 2. The van der Waals surface area contributed by atoms with Crippen molar-refractivity contribution in [1.29, 1.82) is 5.26 Å². The summed E-state index contributed by atoms with van der Waals surface area (Å²) in [6.07, 6.45) is 3.57. The van der Waals surface area contributed by atoms with Crippen LogP contribution in [0.2, 0.25) is 0 Å². The molecule has 3 heterocycles. The third kappa shape index (κ3) is 3.11. The molecule has 0 saturated carbocycles. The predicted molar refractivity (Wildman–Crippen MR) is 96.2 cm³/mol. The molecule has 2 aromatic rings. The Bertz CT molecular complexity index is 870. The quantitative estimate of drug-likeness (QED) is 0.822. The minimum absolute atomic E-state index is 0.130. The Morgan fingerprint density at radius 1 is 1.23 bits per heavy atom. The lowest BCUT2D eigenvalue weighted by Gasteiger charge is -2.31. The zero-order chi connectivity index (χ0) is 17.9. The molecule has 26 heavy (non-hydrogen) atoms. The van der Waals surface area contributed by atoms with E-state index in [2.05, 4.69) is 16.0 Å². The van der Waals surface area contributed by atoms with E-state index in [1.165, 1.54) is 0 Å². The normalized spacial score (nSPS) is 16.7. The molecule has 1 saturated heterocycles. The number of nitrogens with zero attached hydrogens (tertiary/aromatic N) is 5. The van der Waals surface area contributed by atoms with Crippen LogP contribution in [-0.4, -0.2) is 48.7 Å². The fourth-order valence-corrected chi connectivity index (χ4v) is 3.32. The van der Waals surface area contributed by atoms with Gasteiger partial charge in [-0.15, -0.1) is 0 Å². The first-order valence-electron chi connectivity index (χ1n) is 8.77. The summed E-state index contributed by atoms with van der Waals surface area (Å²) in [7, 11) is 0. The van der Waals surface area contributed by atoms with Crippen LogP contribution in [0.3, 0.4) is 0 Å². The Morgan fingerprint density at radius 2 is 2.08 bits per heavy atom. The minimum Gasteiger partial charge on any atom is -0.378 e. The summed E-state index contributed by atoms with van der Waals surface area (Å²) in [6.45, 7) is 3.42. The molecule has 0 unspecified atom stereocenters. The average Bonchev–Trinajstić information content (AvgIpc) is 2.73. The van der Waals surface area contributed by atoms with Gasteiger partial charge in [0.15, 0.2) is 0 Å². The molecule has 2 aliphatic rings. The molecule has 132 valence electrons. The molecule has 7 nitrogen and oxygen atoms in total. The number of morpholine rings is 1. The van der Waals surface area contributed by atoms with Crippen LogP contribution < -0.4 is 9.80 Å². The second-order valence-corrected chi connectivity index (χ2v) is 6.37. The van der Waals surface area contributed by atoms with E-state index in [-0.39, 0.29) is 5.91 Å². The summed E-state index contributed by atoms with van der Waals surface area (Å²) >= 11 is 0. The number of aryl methyl sites for hydroxylation is 1. The maximum Gasteiger partial charge on any atom is 0.259 e. The van der Waals surface area contributed by atoms with Crippen molar-refractivity contribution in [2.75, 3.05) is 42.6 Å². The maximum atomic E-state index is 13.0. The standard InChI is InChI=1S/C19H19N5O2/c20-12-14-3-1-4-15(11-14)18(25)24-6-2-5-16-13-21-19(22-17(16)24)23-7-9-26-10-8-23/h1,3-4,11,13H,2,5-10H2. The SMILES string of the molecule is N#Cc1cccc(C(=O)N2CCCc3cnc(N4CCOCC4)nc32)c1. The van der Waals surface area contributed by atoms with Gasteiger partial charge in [-0.05, 0) is 31.0 Å². The van der Waals surface area contributed by atoms with Gasteiger partial charge in [0, 0.05) is 37.0 Å². The van der Waals surface area contributed by atoms with Gasteiger partial charge >= 0.3 is 0 Å². The number of hydrogen-bond donors (Lipinski definition) is 0. The van der Waals surface area contributed by atoms with Crippen molar-refractivity contribution in [1.82, 2.24) is 9.97 Å². The van der Waals surface area contributed by atoms with Crippen LogP contribution in [0.4, 0.5) is 11.8 Å². The lowest BCUT2D eigenvalue weighted by Crippen LogP contribution is -2.39. The van der Waals surface area contributed by atoms with Gasteiger partial charge in [0.05, 0.1) is 24.8 Å². The third-order valence-corrected chi connectivity index (χ3v) is 4.69. The molecule has 4 rings (SSSR count). The highest BCUT2D eigenvalue weighted by Crippen LogP contribution is 2.28. The lowest BCUT2D eigenvalue weighted by molar-refractivity contribution is 0.0984. The summed E-state index contributed by atoms with van der Waals surface area (Å²) in [5, 5.41) is 9.08. The topological polar surface area (TPSA) is 82.4 Å². The van der Waals surface area contributed by atoms with E-state index in [0.29, 0.717) is 42.7 Å². The van der Waals surface area contributed by atoms with Gasteiger partial charge in [-0.1, -0.05) is 6.07 Å². The van der Waals surface area contributed by atoms with Crippen molar-refractivity contribution >= 4 is 17.7 Å². The molecule has 7 heteroatoms. The second-order valence-electron chi connectivity index (χ2n) is 6.37. The van der Waals surface area contributed by atoms with E-state index in [1.54, 1.807) is 29.2 Å². The molecule has 0 atom stereocenters. The minimum atomic E-state index is -0.130. The van der Waals surface area contributed by atoms with E-state index < -0.39 is 0 Å². The van der Waals surface area contributed by atoms with Gasteiger partial charge in [-0.2, -0.15) is 10.2 Å². The summed E-state index contributed by atoms with van der Waals surface area (Å²) in [4.78, 5) is 26.0. The van der Waals surface area contributed by atoms with Crippen LogP contribution in [0.25, 0.3) is 0 Å². The maximum absolute atomic E-state index is 13.0.